The molecule has 0 spiro atoms. The van der Waals surface area contributed by atoms with Gasteiger partial charge in [0, 0.05) is 0 Å². The van der Waals surface area contributed by atoms with E-state index < -0.39 is 30.2 Å². The monoisotopic (exact) mass is 371 g/mol. The molecule has 2 aromatic carbocycles. The van der Waals surface area contributed by atoms with Gasteiger partial charge in [-0.3, -0.25) is 9.59 Å². The first-order valence-electron chi connectivity index (χ1n) is 7.12. The van der Waals surface area contributed by atoms with Gasteiger partial charge in [0.25, 0.3) is 5.91 Å². The van der Waals surface area contributed by atoms with E-state index in [1.807, 2.05) is 0 Å². The maximum absolute atomic E-state index is 12.6. The maximum atomic E-state index is 12.6. The summed E-state index contributed by atoms with van der Waals surface area (Å²) in [5.74, 6) is -1.33. The van der Waals surface area contributed by atoms with E-state index in [-0.39, 0.29) is 22.8 Å². The number of rotatable bonds is 5. The van der Waals surface area contributed by atoms with Gasteiger partial charge in [-0.05, 0) is 29.8 Å². The van der Waals surface area contributed by atoms with Gasteiger partial charge in [0.15, 0.2) is 0 Å². The molecule has 0 saturated carbocycles. The number of carbonyl (C=O) groups is 2. The minimum atomic E-state index is -4.47. The molecule has 2 aromatic rings. The molecule has 4 nitrogen and oxygen atoms in total. The zero-order valence-corrected chi connectivity index (χ0v) is 13.5. The largest absolute Gasteiger partial charge is 0.460 e. The predicted octanol–water partition coefficient (Wildman–Crippen LogP) is 3.83. The number of nitrogens with one attached hydrogen (secondary N) is 1. The number of carbonyl (C=O) groups excluding carboxylic acids is 2. The molecule has 1 amide bonds. The Bertz CT molecular complexity index is 778. The zero-order valence-electron chi connectivity index (χ0n) is 12.8. The van der Waals surface area contributed by atoms with Crippen molar-refractivity contribution in [3.8, 4) is 0 Å². The molecule has 1 N–H and O–H groups in total. The van der Waals surface area contributed by atoms with Crippen LogP contribution in [0.1, 0.15) is 21.5 Å². The average molecular weight is 372 g/mol. The number of ether oxygens (including phenoxy) is 1. The van der Waals surface area contributed by atoms with Crippen LogP contribution in [0.15, 0.2) is 48.5 Å². The number of amides is 1. The summed E-state index contributed by atoms with van der Waals surface area (Å²) in [6, 6.07) is 10.8. The number of hydrogen-bond donors (Lipinski definition) is 1. The molecule has 132 valence electrons. The van der Waals surface area contributed by atoms with Gasteiger partial charge in [-0.1, -0.05) is 35.9 Å². The summed E-state index contributed by atoms with van der Waals surface area (Å²) in [7, 11) is 0. The first kappa shape index (κ1) is 18.8. The van der Waals surface area contributed by atoms with Crippen LogP contribution in [-0.4, -0.2) is 18.4 Å². The van der Waals surface area contributed by atoms with Crippen molar-refractivity contribution in [3.05, 3.63) is 70.2 Å². The van der Waals surface area contributed by atoms with Crippen molar-refractivity contribution < 1.29 is 27.5 Å². The van der Waals surface area contributed by atoms with Crippen LogP contribution >= 0.6 is 11.6 Å². The molecule has 0 aliphatic heterocycles. The van der Waals surface area contributed by atoms with Crippen LogP contribution in [0.5, 0.6) is 0 Å². The van der Waals surface area contributed by atoms with Gasteiger partial charge >= 0.3 is 12.1 Å². The quantitative estimate of drug-likeness (QED) is 0.813. The summed E-state index contributed by atoms with van der Waals surface area (Å²) < 4.78 is 42.7. The lowest BCUT2D eigenvalue weighted by molar-refractivity contribution is -0.143. The molecular weight excluding hydrogens is 359 g/mol. The Hall–Kier alpha value is -2.54. The van der Waals surface area contributed by atoms with Crippen molar-refractivity contribution in [2.45, 2.75) is 12.8 Å². The number of esters is 1. The Morgan fingerprint density at radius 1 is 1.08 bits per heavy atom. The molecular formula is C17H13ClF3NO3. The number of benzene rings is 2. The van der Waals surface area contributed by atoms with E-state index in [9.17, 15) is 22.8 Å². The second kappa shape index (κ2) is 8.02. The maximum Gasteiger partial charge on any atom is 0.416 e. The fraction of sp³-hybridized carbons (Fsp3) is 0.176. The number of halogens is 4. The third-order valence-electron chi connectivity index (χ3n) is 3.17. The van der Waals surface area contributed by atoms with Crippen LogP contribution in [0.25, 0.3) is 0 Å². The van der Waals surface area contributed by atoms with E-state index >= 15 is 0 Å². The molecule has 8 heteroatoms. The van der Waals surface area contributed by atoms with Gasteiger partial charge in [0.1, 0.15) is 13.2 Å². The fourth-order valence-corrected chi connectivity index (χ4v) is 2.17. The third-order valence-corrected chi connectivity index (χ3v) is 3.50. The van der Waals surface area contributed by atoms with Crippen LogP contribution in [-0.2, 0) is 22.3 Å². The highest BCUT2D eigenvalue weighted by Gasteiger charge is 2.30. The van der Waals surface area contributed by atoms with E-state index in [0.717, 1.165) is 12.1 Å². The van der Waals surface area contributed by atoms with Gasteiger partial charge < -0.3 is 10.1 Å². The lowest BCUT2D eigenvalue weighted by Gasteiger charge is -2.10. The van der Waals surface area contributed by atoms with Crippen LogP contribution in [0.4, 0.5) is 13.2 Å². The van der Waals surface area contributed by atoms with Gasteiger partial charge in [-0.15, -0.1) is 0 Å². The molecule has 0 fully saturated rings. The Labute approximate surface area is 146 Å². The van der Waals surface area contributed by atoms with Crippen molar-refractivity contribution in [1.82, 2.24) is 5.32 Å². The van der Waals surface area contributed by atoms with Gasteiger partial charge in [0.2, 0.25) is 0 Å². The van der Waals surface area contributed by atoms with Crippen molar-refractivity contribution in [3.63, 3.8) is 0 Å². The standard InChI is InChI=1S/C17H13ClF3NO3/c18-14-7-2-1-6-13(14)16(24)22-9-15(23)25-10-11-4-3-5-12(8-11)17(19,20)21/h1-8H,9-10H2,(H,22,24). The predicted molar refractivity (Wildman–Crippen MR) is 85.0 cm³/mol. The zero-order chi connectivity index (χ0) is 18.4. The van der Waals surface area contributed by atoms with Crippen LogP contribution in [0.3, 0.4) is 0 Å². The minimum absolute atomic E-state index is 0.195. The van der Waals surface area contributed by atoms with Gasteiger partial charge in [0.05, 0.1) is 16.1 Å². The van der Waals surface area contributed by atoms with Gasteiger partial charge in [-0.25, -0.2) is 0 Å². The van der Waals surface area contributed by atoms with Crippen LogP contribution in [0.2, 0.25) is 5.02 Å². The third kappa shape index (κ3) is 5.49. The highest BCUT2D eigenvalue weighted by molar-refractivity contribution is 6.33. The summed E-state index contributed by atoms with van der Waals surface area (Å²) in [5.41, 5.74) is -0.427. The van der Waals surface area contributed by atoms with Crippen molar-refractivity contribution >= 4 is 23.5 Å². The second-order valence-corrected chi connectivity index (χ2v) is 5.43. The molecule has 0 aromatic heterocycles. The van der Waals surface area contributed by atoms with E-state index in [1.54, 1.807) is 12.1 Å². The van der Waals surface area contributed by atoms with E-state index in [0.29, 0.717) is 0 Å². The molecule has 0 radical (unpaired) electrons. The van der Waals surface area contributed by atoms with Crippen molar-refractivity contribution in [2.24, 2.45) is 0 Å². The van der Waals surface area contributed by atoms with Crippen LogP contribution < -0.4 is 5.32 Å². The molecule has 0 saturated heterocycles. The highest BCUT2D eigenvalue weighted by Crippen LogP contribution is 2.29. The smallest absolute Gasteiger partial charge is 0.416 e. The molecule has 0 bridgehead atoms. The minimum Gasteiger partial charge on any atom is -0.460 e. The number of hydrogen-bond acceptors (Lipinski definition) is 3. The topological polar surface area (TPSA) is 55.4 Å². The van der Waals surface area contributed by atoms with Gasteiger partial charge in [-0.2, -0.15) is 13.2 Å². The van der Waals surface area contributed by atoms with Crippen molar-refractivity contribution in [2.75, 3.05) is 6.54 Å². The molecule has 0 atom stereocenters. The summed E-state index contributed by atoms with van der Waals surface area (Å²) in [6.07, 6.45) is -4.47. The Morgan fingerprint density at radius 2 is 1.80 bits per heavy atom. The summed E-state index contributed by atoms with van der Waals surface area (Å²) >= 11 is 5.86. The average Bonchev–Trinajstić information content (AvgIpc) is 2.58. The molecule has 25 heavy (non-hydrogen) atoms. The summed E-state index contributed by atoms with van der Waals surface area (Å²) in [5, 5.41) is 2.57. The van der Waals surface area contributed by atoms with Crippen LogP contribution in [0, 0.1) is 0 Å². The molecule has 2 rings (SSSR count). The van der Waals surface area contributed by atoms with E-state index in [1.165, 1.54) is 24.3 Å². The second-order valence-electron chi connectivity index (χ2n) is 5.02. The Balaban J connectivity index is 1.85. The summed E-state index contributed by atoms with van der Waals surface area (Å²) in [4.78, 5) is 23.5. The molecule has 0 unspecified atom stereocenters. The summed E-state index contributed by atoms with van der Waals surface area (Å²) in [6.45, 7) is -0.756. The SMILES string of the molecule is O=C(CNC(=O)c1ccccc1Cl)OCc1cccc(C(F)(F)F)c1. The lowest BCUT2D eigenvalue weighted by atomic mass is 10.1. The first-order valence-corrected chi connectivity index (χ1v) is 7.49. The lowest BCUT2D eigenvalue weighted by Crippen LogP contribution is -2.30. The van der Waals surface area contributed by atoms with E-state index in [2.05, 4.69) is 5.32 Å². The normalized spacial score (nSPS) is 11.0. The molecule has 0 aliphatic rings. The van der Waals surface area contributed by atoms with E-state index in [4.69, 9.17) is 16.3 Å². The Morgan fingerprint density at radius 3 is 2.48 bits per heavy atom. The fourth-order valence-electron chi connectivity index (χ4n) is 1.95. The first-order chi connectivity index (χ1) is 11.8. The highest BCUT2D eigenvalue weighted by atomic mass is 35.5. The van der Waals surface area contributed by atoms with Crippen molar-refractivity contribution in [1.29, 1.82) is 0 Å². The number of alkyl halides is 3. The molecule has 0 heterocycles. The molecule has 0 aliphatic carbocycles. The Kier molecular flexibility index (Phi) is 6.03.